The zero-order valence-corrected chi connectivity index (χ0v) is 12.5. The van der Waals surface area contributed by atoms with Crippen molar-refractivity contribution in [1.82, 2.24) is 0 Å². The molecule has 1 aromatic carbocycles. The number of aliphatic imine (C=N–C) groups is 1. The Balaban J connectivity index is 2.04. The molecule has 1 aliphatic heterocycles. The van der Waals surface area contributed by atoms with Crippen LogP contribution < -0.4 is 0 Å². The SMILES string of the molecule is CCOC(=O)CC1=CN=CCC1=C[CH+]c1ccc(C=O)cc1. The first-order chi connectivity index (χ1) is 10.7. The Labute approximate surface area is 130 Å². The molecule has 4 nitrogen and oxygen atoms in total. The van der Waals surface area contributed by atoms with Crippen LogP contribution in [0.25, 0.3) is 0 Å². The van der Waals surface area contributed by atoms with Crippen LogP contribution in [0.4, 0.5) is 0 Å². The van der Waals surface area contributed by atoms with Gasteiger partial charge in [-0.1, -0.05) is 0 Å². The second-order valence-electron chi connectivity index (χ2n) is 4.81. The van der Waals surface area contributed by atoms with Crippen LogP contribution in [0, 0.1) is 6.42 Å². The smallest absolute Gasteiger partial charge is 0.311 e. The molecule has 0 bridgehead atoms. The molecule has 0 fully saturated rings. The first-order valence-corrected chi connectivity index (χ1v) is 7.18. The summed E-state index contributed by atoms with van der Waals surface area (Å²) < 4.78 is 4.98. The van der Waals surface area contributed by atoms with Gasteiger partial charge in [0, 0.05) is 60.2 Å². The number of hydrogen-bond acceptors (Lipinski definition) is 4. The van der Waals surface area contributed by atoms with Gasteiger partial charge in [0.2, 0.25) is 0 Å². The predicted molar refractivity (Wildman–Crippen MR) is 85.8 cm³/mol. The number of nitrogens with zero attached hydrogens (tertiary/aromatic N) is 1. The summed E-state index contributed by atoms with van der Waals surface area (Å²) in [5.41, 5.74) is 3.57. The largest absolute Gasteiger partial charge is 0.466 e. The Kier molecular flexibility index (Phi) is 5.72. The van der Waals surface area contributed by atoms with Crippen molar-refractivity contribution in [2.45, 2.75) is 19.8 Å². The highest BCUT2D eigenvalue weighted by atomic mass is 16.5. The molecule has 0 saturated heterocycles. The van der Waals surface area contributed by atoms with Gasteiger partial charge in [-0.3, -0.25) is 14.6 Å². The first kappa shape index (κ1) is 15.8. The molecule has 1 aromatic rings. The van der Waals surface area contributed by atoms with E-state index in [1.54, 1.807) is 25.3 Å². The van der Waals surface area contributed by atoms with Crippen LogP contribution >= 0.6 is 0 Å². The number of esters is 1. The molecule has 112 valence electrons. The third-order valence-corrected chi connectivity index (χ3v) is 3.25. The van der Waals surface area contributed by atoms with E-state index in [4.69, 9.17) is 4.74 Å². The van der Waals surface area contributed by atoms with Crippen molar-refractivity contribution in [1.29, 1.82) is 0 Å². The van der Waals surface area contributed by atoms with E-state index in [0.717, 1.165) is 23.0 Å². The topological polar surface area (TPSA) is 55.7 Å². The minimum Gasteiger partial charge on any atom is -0.466 e. The van der Waals surface area contributed by atoms with Crippen molar-refractivity contribution in [3.8, 4) is 0 Å². The van der Waals surface area contributed by atoms with Crippen LogP contribution in [0.2, 0.25) is 0 Å². The van der Waals surface area contributed by atoms with E-state index in [2.05, 4.69) is 4.99 Å². The van der Waals surface area contributed by atoms with Gasteiger partial charge in [-0.15, -0.1) is 0 Å². The van der Waals surface area contributed by atoms with Crippen molar-refractivity contribution in [3.63, 3.8) is 0 Å². The van der Waals surface area contributed by atoms with Gasteiger partial charge in [0.15, 0.2) is 6.29 Å². The summed E-state index contributed by atoms with van der Waals surface area (Å²) in [7, 11) is 0. The highest BCUT2D eigenvalue weighted by Crippen LogP contribution is 2.22. The lowest BCUT2D eigenvalue weighted by Crippen LogP contribution is -2.08. The van der Waals surface area contributed by atoms with E-state index in [9.17, 15) is 9.59 Å². The van der Waals surface area contributed by atoms with Crippen LogP contribution in [0.1, 0.15) is 35.7 Å². The number of carbonyl (C=O) groups excluding carboxylic acids is 2. The minimum absolute atomic E-state index is 0.231. The van der Waals surface area contributed by atoms with Crippen LogP contribution in [0.15, 0.2) is 52.7 Å². The molecule has 0 N–H and O–H groups in total. The number of rotatable bonds is 6. The summed E-state index contributed by atoms with van der Waals surface area (Å²) in [6, 6.07) is 7.31. The fourth-order valence-electron chi connectivity index (χ4n) is 2.09. The third kappa shape index (κ3) is 4.45. The second kappa shape index (κ2) is 7.98. The lowest BCUT2D eigenvalue weighted by molar-refractivity contribution is -0.142. The molecule has 0 aromatic heterocycles. The molecule has 0 saturated carbocycles. The Hall–Kier alpha value is -2.62. The van der Waals surface area contributed by atoms with Gasteiger partial charge in [0.05, 0.1) is 18.6 Å². The first-order valence-electron chi connectivity index (χ1n) is 7.18. The van der Waals surface area contributed by atoms with Crippen LogP contribution in [0.3, 0.4) is 0 Å². The molecule has 4 heteroatoms. The Morgan fingerprint density at radius 2 is 2.14 bits per heavy atom. The van der Waals surface area contributed by atoms with Crippen molar-refractivity contribution in [2.75, 3.05) is 6.61 Å². The number of carbonyl (C=O) groups is 2. The van der Waals surface area contributed by atoms with Crippen molar-refractivity contribution < 1.29 is 14.3 Å². The van der Waals surface area contributed by atoms with Crippen molar-refractivity contribution in [2.24, 2.45) is 4.99 Å². The molecule has 0 spiro atoms. The van der Waals surface area contributed by atoms with Crippen LogP contribution in [-0.4, -0.2) is 25.1 Å². The van der Waals surface area contributed by atoms with E-state index in [1.807, 2.05) is 30.8 Å². The van der Waals surface area contributed by atoms with Crippen molar-refractivity contribution in [3.05, 3.63) is 65.2 Å². The summed E-state index contributed by atoms with van der Waals surface area (Å²) in [5.74, 6) is -0.243. The lowest BCUT2D eigenvalue weighted by atomic mass is 9.97. The van der Waals surface area contributed by atoms with E-state index in [1.165, 1.54) is 0 Å². The van der Waals surface area contributed by atoms with Gasteiger partial charge >= 0.3 is 5.97 Å². The maximum absolute atomic E-state index is 11.6. The monoisotopic (exact) mass is 296 g/mol. The standard InChI is InChI=1S/C18H18NO3/c1-2-22-18(21)11-17-12-19-10-9-16(17)8-7-14-3-5-15(13-20)6-4-14/h3-8,10,12-13H,2,9,11H2,1H3/q+1. The highest BCUT2D eigenvalue weighted by molar-refractivity contribution is 5.77. The fourth-order valence-corrected chi connectivity index (χ4v) is 2.09. The zero-order chi connectivity index (χ0) is 15.8. The Bertz CT molecular complexity index is 624. The molecule has 2 rings (SSSR count). The van der Waals surface area contributed by atoms with Gasteiger partial charge in [0.25, 0.3) is 0 Å². The van der Waals surface area contributed by atoms with Gasteiger partial charge in [0.1, 0.15) is 0 Å². The summed E-state index contributed by atoms with van der Waals surface area (Å²) >= 11 is 0. The molecular formula is C18H18NO3+. The number of hydrogen-bond donors (Lipinski definition) is 0. The summed E-state index contributed by atoms with van der Waals surface area (Å²) in [6.45, 7) is 2.17. The average molecular weight is 296 g/mol. The molecule has 0 amide bonds. The summed E-state index contributed by atoms with van der Waals surface area (Å²) in [4.78, 5) is 26.4. The molecule has 0 aliphatic carbocycles. The Morgan fingerprint density at radius 1 is 1.36 bits per heavy atom. The van der Waals surface area contributed by atoms with Gasteiger partial charge in [-0.05, 0) is 19.1 Å². The highest BCUT2D eigenvalue weighted by Gasteiger charge is 2.16. The maximum Gasteiger partial charge on any atom is 0.311 e. The number of allylic oxidation sites excluding steroid dienone is 2. The van der Waals surface area contributed by atoms with Crippen molar-refractivity contribution >= 4 is 18.5 Å². The number of benzene rings is 1. The quantitative estimate of drug-likeness (QED) is 0.460. The maximum atomic E-state index is 11.6. The second-order valence-corrected chi connectivity index (χ2v) is 4.81. The predicted octanol–water partition coefficient (Wildman–Crippen LogP) is 3.29. The average Bonchev–Trinajstić information content (AvgIpc) is 2.55. The molecule has 0 unspecified atom stereocenters. The van der Waals surface area contributed by atoms with E-state index in [-0.39, 0.29) is 12.4 Å². The fraction of sp³-hybridized carbons (Fsp3) is 0.222. The number of ether oxygens (including phenoxy) is 1. The van der Waals surface area contributed by atoms with E-state index >= 15 is 0 Å². The third-order valence-electron chi connectivity index (χ3n) is 3.25. The van der Waals surface area contributed by atoms with E-state index in [0.29, 0.717) is 18.6 Å². The molecule has 1 heterocycles. The summed E-state index contributed by atoms with van der Waals surface area (Å²) in [6.07, 6.45) is 9.19. The number of aldehydes is 1. The lowest BCUT2D eigenvalue weighted by Gasteiger charge is -2.09. The summed E-state index contributed by atoms with van der Waals surface area (Å²) in [5, 5.41) is 0. The normalized spacial score (nSPS) is 15.3. The van der Waals surface area contributed by atoms with Gasteiger partial charge in [-0.2, -0.15) is 0 Å². The molecule has 1 aliphatic rings. The van der Waals surface area contributed by atoms with Gasteiger partial charge in [-0.25, -0.2) is 0 Å². The Morgan fingerprint density at radius 3 is 2.82 bits per heavy atom. The van der Waals surface area contributed by atoms with Crippen LogP contribution in [-0.2, 0) is 9.53 Å². The van der Waals surface area contributed by atoms with E-state index < -0.39 is 0 Å². The molecule has 0 radical (unpaired) electrons. The molecule has 22 heavy (non-hydrogen) atoms. The molecular weight excluding hydrogens is 278 g/mol. The zero-order valence-electron chi connectivity index (χ0n) is 12.5. The molecule has 0 atom stereocenters. The van der Waals surface area contributed by atoms with Gasteiger partial charge < -0.3 is 4.74 Å². The van der Waals surface area contributed by atoms with Crippen LogP contribution in [0.5, 0.6) is 0 Å². The minimum atomic E-state index is -0.243.